The highest BCUT2D eigenvalue weighted by Gasteiger charge is 2.16. The van der Waals surface area contributed by atoms with Crippen LogP contribution in [-0.2, 0) is 22.6 Å². The van der Waals surface area contributed by atoms with Crippen LogP contribution in [0.3, 0.4) is 0 Å². The van der Waals surface area contributed by atoms with Gasteiger partial charge in [0.15, 0.2) is 0 Å². The molecule has 0 spiro atoms. The van der Waals surface area contributed by atoms with Crippen molar-refractivity contribution >= 4 is 23.0 Å². The maximum absolute atomic E-state index is 12.4. The second-order valence-corrected chi connectivity index (χ2v) is 7.22. The first-order valence-electron chi connectivity index (χ1n) is 10.2. The van der Waals surface area contributed by atoms with Crippen LogP contribution in [0.2, 0.25) is 0 Å². The summed E-state index contributed by atoms with van der Waals surface area (Å²) >= 11 is 0. The van der Waals surface area contributed by atoms with Gasteiger partial charge in [0.05, 0.1) is 5.39 Å². The molecule has 1 heterocycles. The number of alkyl carbamates (subject to hydrolysis) is 1. The van der Waals surface area contributed by atoms with Gasteiger partial charge in [-0.1, -0.05) is 43.7 Å². The van der Waals surface area contributed by atoms with E-state index >= 15 is 0 Å². The molecule has 0 atom stereocenters. The summed E-state index contributed by atoms with van der Waals surface area (Å²) in [6.45, 7) is 3.62. The van der Waals surface area contributed by atoms with Gasteiger partial charge in [0, 0.05) is 6.07 Å². The number of rotatable bonds is 8. The molecule has 0 unspecified atom stereocenters. The zero-order valence-electron chi connectivity index (χ0n) is 17.6. The monoisotopic (exact) mass is 423 g/mol. The van der Waals surface area contributed by atoms with Gasteiger partial charge in [-0.3, -0.25) is 0 Å². The number of fused-ring (bicyclic) bond motifs is 1. The second-order valence-electron chi connectivity index (χ2n) is 7.22. The van der Waals surface area contributed by atoms with Gasteiger partial charge < -0.3 is 19.2 Å². The minimum atomic E-state index is -0.718. The Bertz CT molecular complexity index is 1120. The smallest absolute Gasteiger partial charge is 0.407 e. The maximum Gasteiger partial charge on any atom is 0.407 e. The van der Waals surface area contributed by atoms with Crippen molar-refractivity contribution in [3.63, 3.8) is 0 Å². The molecule has 0 saturated heterocycles. The lowest BCUT2D eigenvalue weighted by atomic mass is 10.0. The number of ether oxygens (including phenoxy) is 2. The van der Waals surface area contributed by atoms with E-state index in [1.165, 1.54) is 6.07 Å². The van der Waals surface area contributed by atoms with E-state index in [9.17, 15) is 14.4 Å². The third-order valence-electron chi connectivity index (χ3n) is 4.65. The number of benzene rings is 2. The molecule has 1 aromatic heterocycles. The zero-order chi connectivity index (χ0) is 22.2. The SMILES string of the molecule is CCCCc1cc(=O)oc2cc(C)cc(OC(=O)CNC(=O)OCc3ccccc3)c12. The topological polar surface area (TPSA) is 94.8 Å². The highest BCUT2D eigenvalue weighted by molar-refractivity contribution is 5.90. The van der Waals surface area contributed by atoms with E-state index in [1.54, 1.807) is 12.1 Å². The lowest BCUT2D eigenvalue weighted by Gasteiger charge is -2.12. The molecule has 0 fully saturated rings. The quantitative estimate of drug-likeness (QED) is 0.330. The van der Waals surface area contributed by atoms with E-state index in [4.69, 9.17) is 13.9 Å². The molecule has 7 heteroatoms. The summed E-state index contributed by atoms with van der Waals surface area (Å²) in [5, 5.41) is 2.98. The fourth-order valence-electron chi connectivity index (χ4n) is 3.19. The van der Waals surface area contributed by atoms with Crippen molar-refractivity contribution in [3.8, 4) is 5.75 Å². The van der Waals surface area contributed by atoms with Crippen LogP contribution in [0.15, 0.2) is 57.7 Å². The van der Waals surface area contributed by atoms with Crippen LogP contribution in [0.25, 0.3) is 11.0 Å². The number of nitrogens with one attached hydrogen (secondary N) is 1. The largest absolute Gasteiger partial charge is 0.445 e. The average molecular weight is 423 g/mol. The molecule has 3 rings (SSSR count). The number of esters is 1. The minimum absolute atomic E-state index is 0.101. The van der Waals surface area contributed by atoms with Gasteiger partial charge in [-0.2, -0.15) is 0 Å². The van der Waals surface area contributed by atoms with Gasteiger partial charge in [0.1, 0.15) is 24.5 Å². The molecule has 0 radical (unpaired) electrons. The summed E-state index contributed by atoms with van der Waals surface area (Å²) in [6.07, 6.45) is 1.78. The van der Waals surface area contributed by atoms with Crippen LogP contribution in [0.1, 0.15) is 36.5 Å². The number of hydrogen-bond donors (Lipinski definition) is 1. The Morgan fingerprint density at radius 1 is 1.10 bits per heavy atom. The highest BCUT2D eigenvalue weighted by Crippen LogP contribution is 2.30. The van der Waals surface area contributed by atoms with Crippen LogP contribution in [0.4, 0.5) is 4.79 Å². The van der Waals surface area contributed by atoms with Crippen molar-refractivity contribution < 1.29 is 23.5 Å². The molecular formula is C24H25NO6. The van der Waals surface area contributed by atoms with Gasteiger partial charge in [0.2, 0.25) is 0 Å². The van der Waals surface area contributed by atoms with Crippen LogP contribution < -0.4 is 15.7 Å². The Hall–Kier alpha value is -3.61. The first-order chi connectivity index (χ1) is 15.0. The number of amides is 1. The van der Waals surface area contributed by atoms with Crippen molar-refractivity contribution in [3.05, 3.63) is 75.6 Å². The van der Waals surface area contributed by atoms with Gasteiger partial charge in [0.25, 0.3) is 0 Å². The Balaban J connectivity index is 1.68. The number of carbonyl (C=O) groups is 2. The molecular weight excluding hydrogens is 398 g/mol. The molecule has 0 aliphatic rings. The average Bonchev–Trinajstić information content (AvgIpc) is 2.74. The van der Waals surface area contributed by atoms with E-state index in [-0.39, 0.29) is 13.2 Å². The fraction of sp³-hybridized carbons (Fsp3) is 0.292. The van der Waals surface area contributed by atoms with Crippen molar-refractivity contribution in [2.24, 2.45) is 0 Å². The molecule has 0 aliphatic carbocycles. The van der Waals surface area contributed by atoms with Crippen LogP contribution in [0.5, 0.6) is 5.75 Å². The summed E-state index contributed by atoms with van der Waals surface area (Å²) in [6, 6.07) is 14.1. The molecule has 1 N–H and O–H groups in total. The maximum atomic E-state index is 12.4. The molecule has 3 aromatic rings. The standard InChI is InChI=1S/C24H25NO6/c1-3-4-10-18-13-21(26)30-19-11-16(2)12-20(23(18)19)31-22(27)14-25-24(28)29-15-17-8-6-5-7-9-17/h5-9,11-13H,3-4,10,14-15H2,1-2H3,(H,25,28). The first kappa shape index (κ1) is 22.1. The predicted octanol–water partition coefficient (Wildman–Crippen LogP) is 4.28. The molecule has 0 aliphatic heterocycles. The third kappa shape index (κ3) is 6.18. The third-order valence-corrected chi connectivity index (χ3v) is 4.65. The van der Waals surface area contributed by atoms with Gasteiger partial charge >= 0.3 is 17.7 Å². The van der Waals surface area contributed by atoms with Gasteiger partial charge in [-0.15, -0.1) is 0 Å². The first-order valence-corrected chi connectivity index (χ1v) is 10.2. The Labute approximate surface area is 180 Å². The van der Waals surface area contributed by atoms with E-state index in [2.05, 4.69) is 12.2 Å². The van der Waals surface area contributed by atoms with Crippen LogP contribution >= 0.6 is 0 Å². The summed E-state index contributed by atoms with van der Waals surface area (Å²) < 4.78 is 15.9. The van der Waals surface area contributed by atoms with Crippen LogP contribution in [-0.4, -0.2) is 18.6 Å². The molecule has 1 amide bonds. The summed E-state index contributed by atoms with van der Waals surface area (Å²) in [4.78, 5) is 36.1. The summed E-state index contributed by atoms with van der Waals surface area (Å²) in [5.74, 6) is -0.356. The number of unbranched alkanes of at least 4 members (excludes halogenated alkanes) is 1. The minimum Gasteiger partial charge on any atom is -0.445 e. The zero-order valence-corrected chi connectivity index (χ0v) is 17.6. The molecule has 0 saturated carbocycles. The van der Waals surface area contributed by atoms with E-state index < -0.39 is 17.7 Å². The summed E-state index contributed by atoms with van der Waals surface area (Å²) in [7, 11) is 0. The van der Waals surface area contributed by atoms with Crippen molar-refractivity contribution in [2.75, 3.05) is 6.54 Å². The Morgan fingerprint density at radius 3 is 2.61 bits per heavy atom. The second kappa shape index (κ2) is 10.4. The van der Waals surface area contributed by atoms with E-state index in [0.29, 0.717) is 23.1 Å². The van der Waals surface area contributed by atoms with Crippen molar-refractivity contribution in [1.29, 1.82) is 0 Å². The van der Waals surface area contributed by atoms with Gasteiger partial charge in [-0.05, 0) is 48.6 Å². The predicted molar refractivity (Wildman–Crippen MR) is 116 cm³/mol. The lowest BCUT2D eigenvalue weighted by Crippen LogP contribution is -2.32. The lowest BCUT2D eigenvalue weighted by molar-refractivity contribution is -0.133. The normalized spacial score (nSPS) is 10.6. The number of carbonyl (C=O) groups excluding carboxylic acids is 2. The Morgan fingerprint density at radius 2 is 1.87 bits per heavy atom. The number of aryl methyl sites for hydroxylation is 2. The molecule has 31 heavy (non-hydrogen) atoms. The Kier molecular flexibility index (Phi) is 7.43. The van der Waals surface area contributed by atoms with E-state index in [1.807, 2.05) is 37.3 Å². The molecule has 2 aromatic carbocycles. The molecule has 162 valence electrons. The van der Waals surface area contributed by atoms with E-state index in [0.717, 1.165) is 29.5 Å². The highest BCUT2D eigenvalue weighted by atomic mass is 16.6. The molecule has 7 nitrogen and oxygen atoms in total. The van der Waals surface area contributed by atoms with Crippen molar-refractivity contribution in [2.45, 2.75) is 39.7 Å². The molecule has 0 bridgehead atoms. The van der Waals surface area contributed by atoms with Gasteiger partial charge in [-0.25, -0.2) is 14.4 Å². The summed E-state index contributed by atoms with van der Waals surface area (Å²) in [5.41, 5.74) is 2.32. The van der Waals surface area contributed by atoms with Crippen molar-refractivity contribution in [1.82, 2.24) is 5.32 Å². The number of hydrogen-bond acceptors (Lipinski definition) is 6. The fourth-order valence-corrected chi connectivity index (χ4v) is 3.19. The van der Waals surface area contributed by atoms with Crippen LogP contribution in [0, 0.1) is 6.92 Å².